The van der Waals surface area contributed by atoms with Gasteiger partial charge in [-0.15, -0.1) is 0 Å². The number of hydrogen-bond donors (Lipinski definition) is 2. The fourth-order valence-corrected chi connectivity index (χ4v) is 2.48. The lowest BCUT2D eigenvalue weighted by atomic mass is 9.90. The molecule has 4 heteroatoms. The molecule has 20 heavy (non-hydrogen) atoms. The second-order valence-electron chi connectivity index (χ2n) is 5.34. The predicted octanol–water partition coefficient (Wildman–Crippen LogP) is 3.39. The van der Waals surface area contributed by atoms with E-state index in [1.165, 1.54) is 32.1 Å². The first-order valence-corrected chi connectivity index (χ1v) is 7.59. The average molecular weight is 275 g/mol. The highest BCUT2D eigenvalue weighted by atomic mass is 16.5. The van der Waals surface area contributed by atoms with Crippen molar-refractivity contribution in [3.8, 4) is 5.75 Å². The molecular weight excluding hydrogens is 250 g/mol. The van der Waals surface area contributed by atoms with Gasteiger partial charge in [0.15, 0.2) is 0 Å². The minimum atomic E-state index is 0.621. The van der Waals surface area contributed by atoms with Gasteiger partial charge >= 0.3 is 0 Å². The molecule has 1 aliphatic carbocycles. The number of nitrogens with one attached hydrogen (secondary N) is 1. The molecule has 0 amide bonds. The molecule has 1 aromatic rings. The predicted molar refractivity (Wildman–Crippen MR) is 84.3 cm³/mol. The number of nitrogens with zero attached hydrogens (tertiary/aromatic N) is 1. The van der Waals surface area contributed by atoms with Crippen LogP contribution in [0.5, 0.6) is 5.75 Å². The summed E-state index contributed by atoms with van der Waals surface area (Å²) in [6.07, 6.45) is 9.27. The van der Waals surface area contributed by atoms with E-state index in [0.717, 1.165) is 30.4 Å². The zero-order valence-electron chi connectivity index (χ0n) is 12.1. The first kappa shape index (κ1) is 14.9. The lowest BCUT2D eigenvalue weighted by Gasteiger charge is -2.21. The summed E-state index contributed by atoms with van der Waals surface area (Å²) in [5.41, 5.74) is 9.34. The van der Waals surface area contributed by atoms with Crippen molar-refractivity contribution in [2.75, 3.05) is 18.6 Å². The molecule has 0 aliphatic heterocycles. The van der Waals surface area contributed by atoms with E-state index < -0.39 is 0 Å². The SMILES string of the molecule is NCC/C=N/Nc1cccc(OCC2CCCCC2)c1. The van der Waals surface area contributed by atoms with E-state index in [-0.39, 0.29) is 0 Å². The maximum absolute atomic E-state index is 5.90. The smallest absolute Gasteiger partial charge is 0.121 e. The second kappa shape index (κ2) is 8.59. The molecule has 1 fully saturated rings. The van der Waals surface area contributed by atoms with Crippen molar-refractivity contribution in [1.82, 2.24) is 0 Å². The molecule has 0 aromatic heterocycles. The van der Waals surface area contributed by atoms with E-state index >= 15 is 0 Å². The van der Waals surface area contributed by atoms with Crippen molar-refractivity contribution in [3.63, 3.8) is 0 Å². The Bertz CT molecular complexity index is 414. The molecular formula is C16H25N3O. The fraction of sp³-hybridized carbons (Fsp3) is 0.562. The zero-order valence-corrected chi connectivity index (χ0v) is 12.1. The van der Waals surface area contributed by atoms with Crippen LogP contribution in [0.15, 0.2) is 29.4 Å². The van der Waals surface area contributed by atoms with Crippen LogP contribution in [-0.4, -0.2) is 19.4 Å². The highest BCUT2D eigenvalue weighted by Gasteiger charge is 2.13. The van der Waals surface area contributed by atoms with Crippen molar-refractivity contribution in [1.29, 1.82) is 0 Å². The Morgan fingerprint density at radius 3 is 2.95 bits per heavy atom. The molecule has 0 saturated heterocycles. The third-order valence-corrected chi connectivity index (χ3v) is 3.63. The quantitative estimate of drug-likeness (QED) is 0.592. The van der Waals surface area contributed by atoms with Gasteiger partial charge < -0.3 is 10.5 Å². The van der Waals surface area contributed by atoms with Crippen LogP contribution < -0.4 is 15.9 Å². The molecule has 1 aromatic carbocycles. The normalized spacial score (nSPS) is 16.4. The van der Waals surface area contributed by atoms with E-state index in [1.54, 1.807) is 6.21 Å². The molecule has 0 spiro atoms. The molecule has 0 radical (unpaired) electrons. The van der Waals surface area contributed by atoms with Crippen LogP contribution >= 0.6 is 0 Å². The van der Waals surface area contributed by atoms with E-state index in [2.05, 4.69) is 10.5 Å². The highest BCUT2D eigenvalue weighted by molar-refractivity contribution is 5.60. The van der Waals surface area contributed by atoms with Gasteiger partial charge in [0.05, 0.1) is 12.3 Å². The molecule has 0 bridgehead atoms. The molecule has 4 nitrogen and oxygen atoms in total. The van der Waals surface area contributed by atoms with Gasteiger partial charge in [0.25, 0.3) is 0 Å². The van der Waals surface area contributed by atoms with Gasteiger partial charge in [-0.2, -0.15) is 5.10 Å². The van der Waals surface area contributed by atoms with Crippen molar-refractivity contribution < 1.29 is 4.74 Å². The van der Waals surface area contributed by atoms with Crippen molar-refractivity contribution in [2.24, 2.45) is 16.8 Å². The van der Waals surface area contributed by atoms with Gasteiger partial charge in [0, 0.05) is 12.3 Å². The van der Waals surface area contributed by atoms with Crippen LogP contribution in [0.4, 0.5) is 5.69 Å². The maximum Gasteiger partial charge on any atom is 0.121 e. The second-order valence-corrected chi connectivity index (χ2v) is 5.34. The number of rotatable bonds is 7. The van der Waals surface area contributed by atoms with Gasteiger partial charge in [0.1, 0.15) is 5.75 Å². The maximum atomic E-state index is 5.90. The lowest BCUT2D eigenvalue weighted by molar-refractivity contribution is 0.209. The average Bonchev–Trinajstić information content (AvgIpc) is 2.51. The summed E-state index contributed by atoms with van der Waals surface area (Å²) < 4.78 is 5.90. The third-order valence-electron chi connectivity index (χ3n) is 3.63. The molecule has 1 saturated carbocycles. The lowest BCUT2D eigenvalue weighted by Crippen LogP contribution is -2.15. The van der Waals surface area contributed by atoms with E-state index in [4.69, 9.17) is 10.5 Å². The summed E-state index contributed by atoms with van der Waals surface area (Å²) in [4.78, 5) is 0. The zero-order chi connectivity index (χ0) is 14.0. The molecule has 3 N–H and O–H groups in total. The number of ether oxygens (including phenoxy) is 1. The Morgan fingerprint density at radius 1 is 1.30 bits per heavy atom. The Labute approximate surface area is 121 Å². The Kier molecular flexibility index (Phi) is 6.38. The first-order valence-electron chi connectivity index (χ1n) is 7.59. The Hall–Kier alpha value is -1.55. The van der Waals surface area contributed by atoms with Gasteiger partial charge in [-0.1, -0.05) is 25.3 Å². The van der Waals surface area contributed by atoms with Crippen molar-refractivity contribution in [2.45, 2.75) is 38.5 Å². The molecule has 0 heterocycles. The minimum absolute atomic E-state index is 0.621. The van der Waals surface area contributed by atoms with Gasteiger partial charge in [-0.3, -0.25) is 5.43 Å². The molecule has 0 atom stereocenters. The van der Waals surface area contributed by atoms with Crippen molar-refractivity contribution >= 4 is 11.9 Å². The number of nitrogens with two attached hydrogens (primary N) is 1. The minimum Gasteiger partial charge on any atom is -0.493 e. The third kappa shape index (κ3) is 5.21. The molecule has 110 valence electrons. The Morgan fingerprint density at radius 2 is 2.15 bits per heavy atom. The molecule has 1 aliphatic rings. The largest absolute Gasteiger partial charge is 0.493 e. The van der Waals surface area contributed by atoms with E-state index in [1.807, 2.05) is 24.3 Å². The number of hydrazone groups is 1. The standard InChI is InChI=1S/C16H25N3O/c17-10-5-11-18-19-15-8-4-9-16(12-15)20-13-14-6-2-1-3-7-14/h4,8-9,11-12,14,19H,1-3,5-7,10,13,17H2/b18-11+. The van der Waals surface area contributed by atoms with Gasteiger partial charge in [-0.25, -0.2) is 0 Å². The number of anilines is 1. The first-order chi connectivity index (χ1) is 9.88. The van der Waals surface area contributed by atoms with Gasteiger partial charge in [-0.05, 0) is 43.9 Å². The summed E-state index contributed by atoms with van der Waals surface area (Å²) >= 11 is 0. The van der Waals surface area contributed by atoms with E-state index in [0.29, 0.717) is 6.54 Å². The summed E-state index contributed by atoms with van der Waals surface area (Å²) in [5, 5.41) is 4.11. The topological polar surface area (TPSA) is 59.6 Å². The fourth-order valence-electron chi connectivity index (χ4n) is 2.48. The van der Waals surface area contributed by atoms with E-state index in [9.17, 15) is 0 Å². The van der Waals surface area contributed by atoms with Crippen LogP contribution in [0, 0.1) is 5.92 Å². The van der Waals surface area contributed by atoms with Crippen LogP contribution in [-0.2, 0) is 0 Å². The van der Waals surface area contributed by atoms with Crippen LogP contribution in [0.25, 0.3) is 0 Å². The summed E-state index contributed by atoms with van der Waals surface area (Å²) in [7, 11) is 0. The summed E-state index contributed by atoms with van der Waals surface area (Å²) in [6.45, 7) is 1.45. The van der Waals surface area contributed by atoms with Gasteiger partial charge in [0.2, 0.25) is 0 Å². The van der Waals surface area contributed by atoms with Crippen LogP contribution in [0.1, 0.15) is 38.5 Å². The van der Waals surface area contributed by atoms with Crippen LogP contribution in [0.2, 0.25) is 0 Å². The molecule has 0 unspecified atom stereocenters. The summed E-state index contributed by atoms with van der Waals surface area (Å²) in [6, 6.07) is 7.95. The highest BCUT2D eigenvalue weighted by Crippen LogP contribution is 2.25. The number of hydrogen-bond acceptors (Lipinski definition) is 4. The summed E-state index contributed by atoms with van der Waals surface area (Å²) in [5.74, 6) is 1.64. The van der Waals surface area contributed by atoms with Crippen molar-refractivity contribution in [3.05, 3.63) is 24.3 Å². The Balaban J connectivity index is 1.79. The van der Waals surface area contributed by atoms with Crippen LogP contribution in [0.3, 0.4) is 0 Å². The monoisotopic (exact) mass is 275 g/mol. The molecule has 2 rings (SSSR count). The number of benzene rings is 1.